The van der Waals surface area contributed by atoms with Crippen LogP contribution >= 0.6 is 0 Å². The van der Waals surface area contributed by atoms with Crippen LogP contribution < -0.4 is 5.73 Å². The Labute approximate surface area is 73.9 Å². The van der Waals surface area contributed by atoms with Crippen LogP contribution in [-0.4, -0.2) is 40.5 Å². The van der Waals surface area contributed by atoms with Crippen LogP contribution in [0.2, 0.25) is 0 Å². The van der Waals surface area contributed by atoms with Crippen LogP contribution in [0.3, 0.4) is 0 Å². The van der Waals surface area contributed by atoms with Crippen molar-refractivity contribution in [3.05, 3.63) is 0 Å². The summed E-state index contributed by atoms with van der Waals surface area (Å²) in [6, 6.07) is 0. The zero-order valence-electron chi connectivity index (χ0n) is 7.20. The van der Waals surface area contributed by atoms with Crippen LogP contribution in [0.5, 0.6) is 0 Å². The van der Waals surface area contributed by atoms with Crippen molar-refractivity contribution in [1.82, 2.24) is 0 Å². The first-order valence-corrected chi connectivity index (χ1v) is 6.47. The molecule has 2 N–H and O–H groups in total. The summed E-state index contributed by atoms with van der Waals surface area (Å²) in [6.45, 7) is 0. The molecule has 0 spiro atoms. The molecule has 11 heavy (non-hydrogen) atoms. The van der Waals surface area contributed by atoms with Crippen LogP contribution in [0.15, 0.2) is 0 Å². The lowest BCUT2D eigenvalue weighted by molar-refractivity contribution is -0.106. The fourth-order valence-electron chi connectivity index (χ4n) is 0. The third-order valence-electron chi connectivity index (χ3n) is 0. The van der Waals surface area contributed by atoms with Gasteiger partial charge in [-0.2, -0.15) is 0 Å². The van der Waals surface area contributed by atoms with Gasteiger partial charge < -0.3 is 14.8 Å². The topological polar surface area (TPSA) is 89.2 Å². The predicted octanol–water partition coefficient (Wildman–Crippen LogP) is -0.909. The molecule has 4 nitrogen and oxygen atoms in total. The van der Waals surface area contributed by atoms with Gasteiger partial charge in [-0.05, 0) is 0 Å². The zero-order chi connectivity index (χ0) is 9.86. The molecular formula is C5H15NO3S2. The molecule has 0 saturated heterocycles. The van der Waals surface area contributed by atoms with E-state index in [4.69, 9.17) is 4.79 Å². The smallest absolute Gasteiger partial charge is 0.204 e. The van der Waals surface area contributed by atoms with Crippen molar-refractivity contribution in [1.29, 1.82) is 0 Å². The van der Waals surface area contributed by atoms with Crippen LogP contribution in [0.25, 0.3) is 0 Å². The minimum Gasteiger partial charge on any atom is -0.617 e. The first kappa shape index (κ1) is 17.3. The van der Waals surface area contributed by atoms with E-state index in [0.717, 1.165) is 0 Å². The van der Waals surface area contributed by atoms with E-state index in [-0.39, 0.29) is 6.41 Å². The van der Waals surface area contributed by atoms with E-state index in [9.17, 15) is 9.11 Å². The number of amides is 1. The molecule has 0 aromatic carbocycles. The number of primary amides is 1. The van der Waals surface area contributed by atoms with Gasteiger partial charge in [-0.15, -0.1) is 0 Å². The number of carbonyl (C=O) groups excluding carboxylic acids is 1. The highest BCUT2D eigenvalue weighted by Crippen LogP contribution is 1.62. The lowest BCUT2D eigenvalue weighted by Gasteiger charge is -1.87. The second-order valence-electron chi connectivity index (χ2n) is 1.62. The van der Waals surface area contributed by atoms with Gasteiger partial charge in [0.2, 0.25) is 6.41 Å². The molecule has 0 radical (unpaired) electrons. The summed E-state index contributed by atoms with van der Waals surface area (Å²) in [5, 5.41) is 0. The second-order valence-corrected chi connectivity index (χ2v) is 4.59. The van der Waals surface area contributed by atoms with Gasteiger partial charge in [0.25, 0.3) is 0 Å². The normalized spacial score (nSPS) is 7.64. The Morgan fingerprint density at radius 2 is 1.09 bits per heavy atom. The summed E-state index contributed by atoms with van der Waals surface area (Å²) in [6.07, 6.45) is 6.81. The van der Waals surface area contributed by atoms with Gasteiger partial charge >= 0.3 is 0 Å². The maximum atomic E-state index is 9.56. The Balaban J connectivity index is -0.0000000886. The summed E-state index contributed by atoms with van der Waals surface area (Å²) in [7, 11) is 0. The molecule has 0 rings (SSSR count). The van der Waals surface area contributed by atoms with Crippen molar-refractivity contribution in [2.24, 2.45) is 5.73 Å². The van der Waals surface area contributed by atoms with E-state index in [1.807, 2.05) is 0 Å². The van der Waals surface area contributed by atoms with Crippen molar-refractivity contribution in [2.75, 3.05) is 25.0 Å². The van der Waals surface area contributed by atoms with Gasteiger partial charge in [-0.3, -0.25) is 4.79 Å². The molecule has 0 atom stereocenters. The molecule has 0 aromatic rings. The molecule has 6 heteroatoms. The van der Waals surface area contributed by atoms with E-state index >= 15 is 0 Å². The van der Waals surface area contributed by atoms with Crippen molar-refractivity contribution >= 4 is 28.8 Å². The van der Waals surface area contributed by atoms with Gasteiger partial charge in [-0.25, -0.2) is 0 Å². The van der Waals surface area contributed by atoms with Gasteiger partial charge in [0.1, 0.15) is 0 Å². The largest absolute Gasteiger partial charge is 0.617 e. The summed E-state index contributed by atoms with van der Waals surface area (Å²) >= 11 is -1.22. The molecular weight excluding hydrogens is 186 g/mol. The third-order valence-corrected chi connectivity index (χ3v) is 0. The molecule has 0 unspecified atom stereocenters. The number of hydrogen-bond donors (Lipinski definition) is 1. The molecule has 0 aliphatic rings. The lowest BCUT2D eigenvalue weighted by atomic mass is 11.5. The fourth-order valence-corrected chi connectivity index (χ4v) is 0. The number of carbonyl (C=O) groups is 1. The molecule has 0 aliphatic carbocycles. The quantitative estimate of drug-likeness (QED) is 0.406. The minimum absolute atomic E-state index is 0.250. The van der Waals surface area contributed by atoms with E-state index in [1.54, 1.807) is 25.0 Å². The number of nitrogens with two attached hydrogens (primary N) is 1. The highest BCUT2D eigenvalue weighted by Gasteiger charge is 1.66. The van der Waals surface area contributed by atoms with Gasteiger partial charge in [-0.1, -0.05) is 22.4 Å². The summed E-state index contributed by atoms with van der Waals surface area (Å²) in [5.41, 5.74) is 4.17. The van der Waals surface area contributed by atoms with Crippen molar-refractivity contribution in [3.8, 4) is 0 Å². The first-order chi connectivity index (χ1) is 4.88. The molecule has 0 fully saturated rings. The highest BCUT2D eigenvalue weighted by atomic mass is 32.2. The van der Waals surface area contributed by atoms with Crippen LogP contribution in [-0.2, 0) is 27.1 Å². The Hall–Kier alpha value is 0.0900. The van der Waals surface area contributed by atoms with Crippen LogP contribution in [0.1, 0.15) is 0 Å². The van der Waals surface area contributed by atoms with Crippen molar-refractivity contribution < 1.29 is 13.9 Å². The van der Waals surface area contributed by atoms with Crippen molar-refractivity contribution in [2.45, 2.75) is 0 Å². The first-order valence-electron chi connectivity index (χ1n) is 2.54. The summed E-state index contributed by atoms with van der Waals surface area (Å²) in [5.74, 6) is 0. The minimum atomic E-state index is -0.611. The average molecular weight is 201 g/mol. The molecule has 0 aromatic heterocycles. The Kier molecular flexibility index (Phi) is 26.0. The summed E-state index contributed by atoms with van der Waals surface area (Å²) in [4.78, 5) is 8.58. The maximum Gasteiger partial charge on any atom is 0.204 e. The Bertz CT molecular complexity index is 59.2. The van der Waals surface area contributed by atoms with E-state index in [0.29, 0.717) is 0 Å². The standard InChI is InChI=1S/2C2H6OS.CH3NO/c2*1-4(2)3;2-1-3/h2*1-2H3;1H,(H2,2,3). The molecule has 0 bridgehead atoms. The maximum absolute atomic E-state index is 9.56. The second kappa shape index (κ2) is 16.6. The fraction of sp³-hybridized carbons (Fsp3) is 0.800. The molecule has 0 heterocycles. The predicted molar refractivity (Wildman–Crippen MR) is 50.2 cm³/mol. The SMILES string of the molecule is C[S+](C)[O-].C[S+](C)[O-].NC=O. The summed E-state index contributed by atoms with van der Waals surface area (Å²) < 4.78 is 19.1. The van der Waals surface area contributed by atoms with Gasteiger partial charge in [0, 0.05) is 0 Å². The monoisotopic (exact) mass is 201 g/mol. The Morgan fingerprint density at radius 3 is 1.09 bits per heavy atom. The van der Waals surface area contributed by atoms with Crippen LogP contribution in [0.4, 0.5) is 0 Å². The van der Waals surface area contributed by atoms with E-state index in [1.165, 1.54) is 0 Å². The molecule has 0 aliphatic heterocycles. The molecule has 1 amide bonds. The number of rotatable bonds is 0. The lowest BCUT2D eigenvalue weighted by Crippen LogP contribution is -1.86. The number of hydrogen-bond acceptors (Lipinski definition) is 3. The van der Waals surface area contributed by atoms with Gasteiger partial charge in [0.05, 0.1) is 25.0 Å². The van der Waals surface area contributed by atoms with Crippen LogP contribution in [0, 0.1) is 0 Å². The Morgan fingerprint density at radius 1 is 1.09 bits per heavy atom. The highest BCUT2D eigenvalue weighted by molar-refractivity contribution is 7.90. The molecule has 0 saturated carbocycles. The van der Waals surface area contributed by atoms with Gasteiger partial charge in [0.15, 0.2) is 0 Å². The zero-order valence-corrected chi connectivity index (χ0v) is 8.83. The molecule has 70 valence electrons. The van der Waals surface area contributed by atoms with E-state index in [2.05, 4.69) is 5.73 Å². The van der Waals surface area contributed by atoms with E-state index < -0.39 is 22.4 Å². The average Bonchev–Trinajstić information content (AvgIpc) is 1.60. The third kappa shape index (κ3) is 81500. The van der Waals surface area contributed by atoms with Crippen molar-refractivity contribution in [3.63, 3.8) is 0 Å².